The van der Waals surface area contributed by atoms with Crippen molar-refractivity contribution in [3.05, 3.63) is 53.6 Å². The molecule has 2 aromatic rings. The lowest BCUT2D eigenvalue weighted by atomic mass is 10.1. The van der Waals surface area contributed by atoms with Crippen LogP contribution in [0.4, 0.5) is 16.2 Å². The molecule has 4 amide bonds. The van der Waals surface area contributed by atoms with E-state index in [9.17, 15) is 22.8 Å². The minimum absolute atomic E-state index is 0.144. The first-order valence-corrected chi connectivity index (χ1v) is 9.69. The number of anilines is 2. The second-order valence-corrected chi connectivity index (χ2v) is 7.84. The smallest absolute Gasteiger partial charge is 0.308 e. The first-order valence-electron chi connectivity index (χ1n) is 8.25. The third kappa shape index (κ3) is 3.73. The summed E-state index contributed by atoms with van der Waals surface area (Å²) >= 11 is 0. The van der Waals surface area contributed by atoms with Crippen molar-refractivity contribution >= 4 is 39.3 Å². The Balaban J connectivity index is 1.77. The van der Waals surface area contributed by atoms with Crippen LogP contribution in [0.2, 0.25) is 0 Å². The number of imide groups is 1. The van der Waals surface area contributed by atoms with Crippen molar-refractivity contribution in [3.63, 3.8) is 0 Å². The maximum atomic E-state index is 12.4. The molecule has 0 saturated carbocycles. The van der Waals surface area contributed by atoms with Crippen molar-refractivity contribution < 1.29 is 27.4 Å². The van der Waals surface area contributed by atoms with Crippen LogP contribution in [0.25, 0.3) is 0 Å². The van der Waals surface area contributed by atoms with Crippen molar-refractivity contribution in [3.8, 4) is 0 Å². The van der Waals surface area contributed by atoms with E-state index >= 15 is 0 Å². The number of carbonyl (C=O) groups is 3. The fourth-order valence-electron chi connectivity index (χ4n) is 2.83. The summed E-state index contributed by atoms with van der Waals surface area (Å²) in [4.78, 5) is 37.6. The third-order valence-electron chi connectivity index (χ3n) is 4.08. The molecule has 0 unspecified atom stereocenters. The fourth-order valence-corrected chi connectivity index (χ4v) is 3.36. The number of amides is 4. The minimum atomic E-state index is -4.40. The van der Waals surface area contributed by atoms with E-state index in [1.54, 1.807) is 13.8 Å². The Morgan fingerprint density at radius 3 is 2.18 bits per heavy atom. The second-order valence-electron chi connectivity index (χ2n) is 6.42. The molecular formula is C18H17N3O6S. The Kier molecular flexibility index (Phi) is 4.92. The molecule has 0 aromatic heterocycles. The van der Waals surface area contributed by atoms with Gasteiger partial charge >= 0.3 is 6.03 Å². The number of nitrogens with one attached hydrogen (secondary N) is 2. The molecule has 0 aliphatic carbocycles. The van der Waals surface area contributed by atoms with Crippen LogP contribution in [0.3, 0.4) is 0 Å². The molecule has 3 N–H and O–H groups in total. The lowest BCUT2D eigenvalue weighted by Crippen LogP contribution is -2.35. The van der Waals surface area contributed by atoms with Crippen LogP contribution in [0.15, 0.2) is 47.4 Å². The van der Waals surface area contributed by atoms with Crippen LogP contribution in [-0.4, -0.2) is 41.8 Å². The molecule has 3 rings (SSSR count). The van der Waals surface area contributed by atoms with Gasteiger partial charge in [0.1, 0.15) is 0 Å². The van der Waals surface area contributed by atoms with Gasteiger partial charge in [0.25, 0.3) is 21.9 Å². The molecule has 146 valence electrons. The molecule has 1 aliphatic heterocycles. The van der Waals surface area contributed by atoms with Crippen LogP contribution in [0, 0.1) is 0 Å². The van der Waals surface area contributed by atoms with E-state index < -0.39 is 22.1 Å². The molecule has 9 nitrogen and oxygen atoms in total. The normalized spacial score (nSPS) is 13.6. The monoisotopic (exact) mass is 403 g/mol. The minimum Gasteiger partial charge on any atom is -0.308 e. The quantitative estimate of drug-likeness (QED) is 0.531. The zero-order valence-electron chi connectivity index (χ0n) is 15.0. The number of fused-ring (bicyclic) bond motifs is 1. The predicted molar refractivity (Wildman–Crippen MR) is 101 cm³/mol. The summed E-state index contributed by atoms with van der Waals surface area (Å²) in [5.74, 6) is -0.812. The van der Waals surface area contributed by atoms with Crippen molar-refractivity contribution in [1.82, 2.24) is 4.90 Å². The van der Waals surface area contributed by atoms with Crippen LogP contribution < -0.4 is 10.6 Å². The number of hydrogen-bond donors (Lipinski definition) is 3. The predicted octanol–water partition coefficient (Wildman–Crippen LogP) is 2.58. The van der Waals surface area contributed by atoms with Gasteiger partial charge in [-0.15, -0.1) is 0 Å². The van der Waals surface area contributed by atoms with Crippen LogP contribution in [0.1, 0.15) is 34.6 Å². The number of rotatable bonds is 4. The van der Waals surface area contributed by atoms with Gasteiger partial charge in [0.15, 0.2) is 0 Å². The highest BCUT2D eigenvalue weighted by molar-refractivity contribution is 7.85. The van der Waals surface area contributed by atoms with Gasteiger partial charge in [0, 0.05) is 17.4 Å². The summed E-state index contributed by atoms with van der Waals surface area (Å²) in [6.07, 6.45) is 0. The van der Waals surface area contributed by atoms with Crippen molar-refractivity contribution in [1.29, 1.82) is 0 Å². The van der Waals surface area contributed by atoms with E-state index in [1.165, 1.54) is 36.4 Å². The largest absolute Gasteiger partial charge is 0.323 e. The maximum absolute atomic E-state index is 12.4. The summed E-state index contributed by atoms with van der Waals surface area (Å²) in [5.41, 5.74) is 0.898. The average molecular weight is 403 g/mol. The molecule has 1 heterocycles. The highest BCUT2D eigenvalue weighted by Crippen LogP contribution is 2.27. The summed E-state index contributed by atoms with van der Waals surface area (Å²) in [6, 6.07) is 8.47. The van der Waals surface area contributed by atoms with Crippen molar-refractivity contribution in [2.24, 2.45) is 0 Å². The molecule has 28 heavy (non-hydrogen) atoms. The van der Waals surface area contributed by atoms with Crippen LogP contribution >= 0.6 is 0 Å². The van der Waals surface area contributed by atoms with Gasteiger partial charge in [-0.1, -0.05) is 6.07 Å². The molecular weight excluding hydrogens is 386 g/mol. The molecule has 1 aliphatic rings. The van der Waals surface area contributed by atoms with E-state index in [0.717, 1.165) is 11.0 Å². The Labute approximate surface area is 161 Å². The molecule has 0 radical (unpaired) electrons. The standard InChI is InChI=1S/C18H17N3O6S/c1-10(2)21-16(22)14-7-6-12(9-15(14)17(21)23)20-18(24)19-11-4-3-5-13(8-11)28(25,26)27/h3-10H,1-2H3,(H2,19,20,24)(H,25,26,27). The SMILES string of the molecule is CC(C)N1C(=O)c2ccc(NC(=O)Nc3cccc(S(=O)(=O)O)c3)cc2C1=O. The molecule has 0 spiro atoms. The number of nitrogens with zero attached hydrogens (tertiary/aromatic N) is 1. The number of carbonyl (C=O) groups excluding carboxylic acids is 3. The lowest BCUT2D eigenvalue weighted by Gasteiger charge is -2.17. The highest BCUT2D eigenvalue weighted by Gasteiger charge is 2.37. The number of benzene rings is 2. The van der Waals surface area contributed by atoms with E-state index in [1.807, 2.05) is 0 Å². The van der Waals surface area contributed by atoms with Gasteiger partial charge in [-0.05, 0) is 50.2 Å². The van der Waals surface area contributed by atoms with E-state index in [2.05, 4.69) is 10.6 Å². The van der Waals surface area contributed by atoms with Crippen molar-refractivity contribution in [2.75, 3.05) is 10.6 Å². The zero-order valence-corrected chi connectivity index (χ0v) is 15.8. The highest BCUT2D eigenvalue weighted by atomic mass is 32.2. The first kappa shape index (κ1) is 19.5. The zero-order chi connectivity index (χ0) is 20.6. The van der Waals surface area contributed by atoms with Crippen LogP contribution in [-0.2, 0) is 10.1 Å². The van der Waals surface area contributed by atoms with Crippen LogP contribution in [0.5, 0.6) is 0 Å². The fraction of sp³-hybridized carbons (Fsp3) is 0.167. The maximum Gasteiger partial charge on any atom is 0.323 e. The van der Waals surface area contributed by atoms with Gasteiger partial charge < -0.3 is 10.6 Å². The Bertz CT molecular complexity index is 1090. The van der Waals surface area contributed by atoms with Gasteiger partial charge in [-0.3, -0.25) is 19.0 Å². The molecule has 2 aromatic carbocycles. The number of urea groups is 1. The summed E-state index contributed by atoms with van der Waals surface area (Å²) in [6.45, 7) is 3.46. The number of hydrogen-bond acceptors (Lipinski definition) is 5. The third-order valence-corrected chi connectivity index (χ3v) is 4.93. The molecule has 0 saturated heterocycles. The summed E-state index contributed by atoms with van der Waals surface area (Å²) < 4.78 is 31.4. The second kappa shape index (κ2) is 7.06. The molecule has 0 fully saturated rings. The molecule has 10 heteroatoms. The lowest BCUT2D eigenvalue weighted by molar-refractivity contribution is 0.0609. The first-order chi connectivity index (χ1) is 13.1. The molecule has 0 bridgehead atoms. The topological polar surface area (TPSA) is 133 Å². The summed E-state index contributed by atoms with van der Waals surface area (Å²) in [5, 5.41) is 4.94. The Hall–Kier alpha value is -3.24. The molecule has 0 atom stereocenters. The van der Waals surface area contributed by atoms with Crippen molar-refractivity contribution in [2.45, 2.75) is 24.8 Å². The Morgan fingerprint density at radius 2 is 1.57 bits per heavy atom. The van der Waals surface area contributed by atoms with Gasteiger partial charge in [0.2, 0.25) is 0 Å². The summed E-state index contributed by atoms with van der Waals surface area (Å²) in [7, 11) is -4.40. The average Bonchev–Trinajstić information content (AvgIpc) is 2.85. The Morgan fingerprint density at radius 1 is 0.964 bits per heavy atom. The van der Waals surface area contributed by atoms with Gasteiger partial charge in [0.05, 0.1) is 16.0 Å². The van der Waals surface area contributed by atoms with E-state index in [0.29, 0.717) is 0 Å². The van der Waals surface area contributed by atoms with Gasteiger partial charge in [-0.25, -0.2) is 4.79 Å². The van der Waals surface area contributed by atoms with E-state index in [4.69, 9.17) is 4.55 Å². The van der Waals surface area contributed by atoms with Gasteiger partial charge in [-0.2, -0.15) is 8.42 Å². The van der Waals surface area contributed by atoms with E-state index in [-0.39, 0.29) is 39.3 Å².